The SMILES string of the molecule is COCCN(C(=O)C(F)(F)F)[C@H](C(=O)NC1CCCCC1)c1ccncc1. The largest absolute Gasteiger partial charge is 0.471 e. The van der Waals surface area contributed by atoms with Gasteiger partial charge in [0, 0.05) is 32.1 Å². The van der Waals surface area contributed by atoms with Gasteiger partial charge in [-0.05, 0) is 30.5 Å². The van der Waals surface area contributed by atoms with Crippen molar-refractivity contribution in [2.24, 2.45) is 0 Å². The van der Waals surface area contributed by atoms with Crippen LogP contribution in [0.1, 0.15) is 43.7 Å². The highest BCUT2D eigenvalue weighted by Crippen LogP contribution is 2.28. The molecule has 0 saturated heterocycles. The van der Waals surface area contributed by atoms with E-state index in [1.165, 1.54) is 31.6 Å². The first-order valence-electron chi connectivity index (χ1n) is 8.91. The van der Waals surface area contributed by atoms with Crippen LogP contribution in [0.4, 0.5) is 13.2 Å². The third-order valence-corrected chi connectivity index (χ3v) is 4.57. The van der Waals surface area contributed by atoms with Crippen LogP contribution in [0.25, 0.3) is 0 Å². The Hall–Kier alpha value is -2.16. The van der Waals surface area contributed by atoms with E-state index >= 15 is 0 Å². The van der Waals surface area contributed by atoms with Gasteiger partial charge in [-0.2, -0.15) is 13.2 Å². The molecule has 1 atom stereocenters. The van der Waals surface area contributed by atoms with E-state index in [9.17, 15) is 22.8 Å². The summed E-state index contributed by atoms with van der Waals surface area (Å²) in [5.74, 6) is -2.69. The fraction of sp³-hybridized carbons (Fsp3) is 0.611. The zero-order valence-corrected chi connectivity index (χ0v) is 15.2. The first-order chi connectivity index (χ1) is 12.8. The van der Waals surface area contributed by atoms with Gasteiger partial charge in [0.05, 0.1) is 6.61 Å². The third-order valence-electron chi connectivity index (χ3n) is 4.57. The van der Waals surface area contributed by atoms with Crippen LogP contribution in [-0.2, 0) is 14.3 Å². The van der Waals surface area contributed by atoms with Crippen molar-refractivity contribution >= 4 is 11.8 Å². The Labute approximate surface area is 156 Å². The number of hydrogen-bond acceptors (Lipinski definition) is 4. The number of nitrogens with one attached hydrogen (secondary N) is 1. The Balaban J connectivity index is 2.32. The fourth-order valence-electron chi connectivity index (χ4n) is 3.25. The monoisotopic (exact) mass is 387 g/mol. The number of nitrogens with zero attached hydrogens (tertiary/aromatic N) is 2. The van der Waals surface area contributed by atoms with Gasteiger partial charge in [-0.3, -0.25) is 14.6 Å². The summed E-state index contributed by atoms with van der Waals surface area (Å²) in [4.78, 5) is 29.3. The fourth-order valence-corrected chi connectivity index (χ4v) is 3.25. The molecular formula is C18H24F3N3O3. The van der Waals surface area contributed by atoms with Crippen LogP contribution in [0.2, 0.25) is 0 Å². The van der Waals surface area contributed by atoms with Crippen LogP contribution in [0.3, 0.4) is 0 Å². The summed E-state index contributed by atoms with van der Waals surface area (Å²) in [6.45, 7) is -0.486. The number of alkyl halides is 3. The summed E-state index contributed by atoms with van der Waals surface area (Å²) in [6, 6.07) is 1.38. The van der Waals surface area contributed by atoms with E-state index in [1.54, 1.807) is 0 Å². The summed E-state index contributed by atoms with van der Waals surface area (Å²) in [5.41, 5.74) is 0.270. The second-order valence-electron chi connectivity index (χ2n) is 6.52. The molecule has 150 valence electrons. The lowest BCUT2D eigenvalue weighted by Crippen LogP contribution is -2.51. The molecule has 27 heavy (non-hydrogen) atoms. The maximum atomic E-state index is 13.1. The lowest BCUT2D eigenvalue weighted by molar-refractivity contribution is -0.189. The molecule has 1 heterocycles. The quantitative estimate of drug-likeness (QED) is 0.781. The molecule has 0 aromatic carbocycles. The first kappa shape index (κ1) is 21.1. The molecule has 1 aliphatic carbocycles. The maximum absolute atomic E-state index is 13.1. The zero-order valence-electron chi connectivity index (χ0n) is 15.2. The first-order valence-corrected chi connectivity index (χ1v) is 8.91. The minimum atomic E-state index is -5.09. The molecule has 1 aromatic rings. The molecule has 1 aromatic heterocycles. The molecule has 6 nitrogen and oxygen atoms in total. The van der Waals surface area contributed by atoms with Crippen LogP contribution in [-0.4, -0.2) is 54.2 Å². The smallest absolute Gasteiger partial charge is 0.383 e. The van der Waals surface area contributed by atoms with Gasteiger partial charge in [-0.1, -0.05) is 19.3 Å². The molecule has 1 aliphatic rings. The molecule has 2 amide bonds. The van der Waals surface area contributed by atoms with Crippen molar-refractivity contribution in [1.29, 1.82) is 0 Å². The van der Waals surface area contributed by atoms with Crippen LogP contribution in [0.15, 0.2) is 24.5 Å². The highest BCUT2D eigenvalue weighted by molar-refractivity contribution is 5.90. The van der Waals surface area contributed by atoms with Gasteiger partial charge in [0.2, 0.25) is 5.91 Å². The number of carbonyl (C=O) groups excluding carboxylic acids is 2. The molecule has 2 rings (SSSR count). The minimum absolute atomic E-state index is 0.0964. The van der Waals surface area contributed by atoms with Crippen molar-refractivity contribution in [3.63, 3.8) is 0 Å². The second-order valence-corrected chi connectivity index (χ2v) is 6.52. The summed E-state index contributed by atoms with van der Waals surface area (Å²) in [6.07, 6.45) is 2.21. The summed E-state index contributed by atoms with van der Waals surface area (Å²) < 4.78 is 44.3. The normalized spacial score (nSPS) is 16.6. The van der Waals surface area contributed by atoms with Gasteiger partial charge in [-0.25, -0.2) is 0 Å². The van der Waals surface area contributed by atoms with Crippen molar-refractivity contribution in [3.05, 3.63) is 30.1 Å². The number of aromatic nitrogens is 1. The predicted octanol–water partition coefficient (Wildman–Crippen LogP) is 2.61. The van der Waals surface area contributed by atoms with Crippen molar-refractivity contribution < 1.29 is 27.5 Å². The Kier molecular flexibility index (Phi) is 7.58. The second kappa shape index (κ2) is 9.68. The molecule has 9 heteroatoms. The van der Waals surface area contributed by atoms with Crippen LogP contribution >= 0.6 is 0 Å². The lowest BCUT2D eigenvalue weighted by atomic mass is 9.94. The van der Waals surface area contributed by atoms with Crippen molar-refractivity contribution in [3.8, 4) is 0 Å². The Morgan fingerprint density at radius 3 is 2.44 bits per heavy atom. The molecule has 1 N–H and O–H groups in total. The lowest BCUT2D eigenvalue weighted by Gasteiger charge is -2.33. The number of pyridine rings is 1. The number of methoxy groups -OCH3 is 1. The van der Waals surface area contributed by atoms with Gasteiger partial charge in [0.1, 0.15) is 6.04 Å². The van der Waals surface area contributed by atoms with Crippen LogP contribution in [0.5, 0.6) is 0 Å². The number of hydrogen-bond donors (Lipinski definition) is 1. The molecule has 0 aliphatic heterocycles. The highest BCUT2D eigenvalue weighted by Gasteiger charge is 2.46. The van der Waals surface area contributed by atoms with E-state index in [0.29, 0.717) is 4.90 Å². The Morgan fingerprint density at radius 1 is 1.26 bits per heavy atom. The molecule has 0 bridgehead atoms. The number of amides is 2. The van der Waals surface area contributed by atoms with Crippen molar-refractivity contribution in [2.75, 3.05) is 20.3 Å². The standard InChI is InChI=1S/C18H24F3N3O3/c1-27-12-11-24(17(26)18(19,20)21)15(13-7-9-22-10-8-13)16(25)23-14-5-3-2-4-6-14/h7-10,14-15H,2-6,11-12H2,1H3,(H,23,25)/t15-/m0/s1. The summed E-state index contributed by atoms with van der Waals surface area (Å²) >= 11 is 0. The van der Waals surface area contributed by atoms with Gasteiger partial charge in [0.25, 0.3) is 0 Å². The summed E-state index contributed by atoms with van der Waals surface area (Å²) in [7, 11) is 1.32. The van der Waals surface area contributed by atoms with Gasteiger partial charge in [0.15, 0.2) is 0 Å². The average molecular weight is 387 g/mol. The predicted molar refractivity (Wildman–Crippen MR) is 91.6 cm³/mol. The third kappa shape index (κ3) is 5.92. The minimum Gasteiger partial charge on any atom is -0.383 e. The topological polar surface area (TPSA) is 71.5 Å². The van der Waals surface area contributed by atoms with Gasteiger partial charge < -0.3 is 15.0 Å². The van der Waals surface area contributed by atoms with E-state index in [2.05, 4.69) is 10.3 Å². The molecule has 0 spiro atoms. The van der Waals surface area contributed by atoms with Crippen LogP contribution in [0, 0.1) is 0 Å². The molecule has 1 saturated carbocycles. The summed E-state index contributed by atoms with van der Waals surface area (Å²) in [5, 5.41) is 2.82. The Bertz CT molecular complexity index is 619. The van der Waals surface area contributed by atoms with Gasteiger partial charge in [-0.15, -0.1) is 0 Å². The van der Waals surface area contributed by atoms with E-state index in [-0.39, 0.29) is 24.8 Å². The highest BCUT2D eigenvalue weighted by atomic mass is 19.4. The van der Waals surface area contributed by atoms with Crippen molar-refractivity contribution in [2.45, 2.75) is 50.4 Å². The molecule has 1 fully saturated rings. The van der Waals surface area contributed by atoms with E-state index in [4.69, 9.17) is 4.74 Å². The van der Waals surface area contributed by atoms with Crippen LogP contribution < -0.4 is 5.32 Å². The Morgan fingerprint density at radius 2 is 1.89 bits per heavy atom. The number of rotatable bonds is 7. The van der Waals surface area contributed by atoms with E-state index in [1.807, 2.05) is 0 Å². The van der Waals surface area contributed by atoms with E-state index in [0.717, 1.165) is 32.1 Å². The number of ether oxygens (including phenoxy) is 1. The number of halogens is 3. The molecule has 0 radical (unpaired) electrons. The van der Waals surface area contributed by atoms with E-state index < -0.39 is 24.0 Å². The average Bonchev–Trinajstić information content (AvgIpc) is 2.65. The number of carbonyl (C=O) groups is 2. The maximum Gasteiger partial charge on any atom is 0.471 e. The molecular weight excluding hydrogens is 363 g/mol. The van der Waals surface area contributed by atoms with Crippen molar-refractivity contribution in [1.82, 2.24) is 15.2 Å². The zero-order chi connectivity index (χ0) is 19.9. The molecule has 0 unspecified atom stereocenters. The van der Waals surface area contributed by atoms with Gasteiger partial charge >= 0.3 is 12.1 Å².